The van der Waals surface area contributed by atoms with Crippen LogP contribution in [-0.2, 0) is 4.74 Å². The van der Waals surface area contributed by atoms with Crippen molar-refractivity contribution < 1.29 is 9.53 Å². The maximum Gasteiger partial charge on any atom is 0.251 e. The van der Waals surface area contributed by atoms with Crippen LogP contribution in [0.2, 0.25) is 0 Å². The fourth-order valence-electron chi connectivity index (χ4n) is 2.67. The summed E-state index contributed by atoms with van der Waals surface area (Å²) in [6, 6.07) is 7.39. The monoisotopic (exact) mass is 291 g/mol. The maximum atomic E-state index is 12.2. The molecule has 1 aromatic carbocycles. The van der Waals surface area contributed by atoms with E-state index in [4.69, 9.17) is 10.5 Å². The van der Waals surface area contributed by atoms with Crippen LogP contribution in [0, 0.1) is 5.92 Å². The van der Waals surface area contributed by atoms with Gasteiger partial charge in [-0.2, -0.15) is 0 Å². The van der Waals surface area contributed by atoms with E-state index in [-0.39, 0.29) is 5.91 Å². The van der Waals surface area contributed by atoms with Gasteiger partial charge >= 0.3 is 0 Å². The van der Waals surface area contributed by atoms with Gasteiger partial charge in [-0.25, -0.2) is 0 Å². The van der Waals surface area contributed by atoms with Crippen LogP contribution in [0.1, 0.15) is 24.2 Å². The predicted molar refractivity (Wildman–Crippen MR) is 84.2 cm³/mol. The van der Waals surface area contributed by atoms with Gasteiger partial charge in [-0.15, -0.1) is 0 Å². The molecule has 1 aromatic rings. The summed E-state index contributed by atoms with van der Waals surface area (Å²) in [4.78, 5) is 14.6. The molecular formula is C16H25N3O2. The van der Waals surface area contributed by atoms with Crippen molar-refractivity contribution in [3.63, 3.8) is 0 Å². The summed E-state index contributed by atoms with van der Waals surface area (Å²) in [6.45, 7) is 8.41. The van der Waals surface area contributed by atoms with E-state index < -0.39 is 0 Å². The SMILES string of the molecule is CC(C)C(CNC(=O)c1cccc(N)c1)N1CCOCC1. The Bertz CT molecular complexity index is 470. The second-order valence-corrected chi connectivity index (χ2v) is 5.80. The number of amides is 1. The molecule has 1 fully saturated rings. The molecule has 116 valence electrons. The molecule has 21 heavy (non-hydrogen) atoms. The minimum absolute atomic E-state index is 0.0683. The van der Waals surface area contributed by atoms with E-state index in [0.717, 1.165) is 26.3 Å². The Hall–Kier alpha value is -1.59. The molecule has 1 amide bonds. The predicted octanol–water partition coefficient (Wildman–Crippen LogP) is 1.36. The summed E-state index contributed by atoms with van der Waals surface area (Å²) in [7, 11) is 0. The first-order valence-electron chi connectivity index (χ1n) is 7.53. The number of rotatable bonds is 5. The first kappa shape index (κ1) is 15.8. The first-order valence-corrected chi connectivity index (χ1v) is 7.53. The Morgan fingerprint density at radius 1 is 1.38 bits per heavy atom. The van der Waals surface area contributed by atoms with Crippen LogP contribution in [-0.4, -0.2) is 49.7 Å². The third-order valence-electron chi connectivity index (χ3n) is 3.90. The number of nitrogens with two attached hydrogens (primary N) is 1. The van der Waals surface area contributed by atoms with Crippen LogP contribution >= 0.6 is 0 Å². The van der Waals surface area contributed by atoms with Crippen LogP contribution in [0.25, 0.3) is 0 Å². The number of nitrogen functional groups attached to an aromatic ring is 1. The molecular weight excluding hydrogens is 266 g/mol. The summed E-state index contributed by atoms with van der Waals surface area (Å²) < 4.78 is 5.39. The Morgan fingerprint density at radius 2 is 2.10 bits per heavy atom. The van der Waals surface area contributed by atoms with E-state index in [2.05, 4.69) is 24.1 Å². The number of benzene rings is 1. The molecule has 1 saturated heterocycles. The normalized spacial score (nSPS) is 17.7. The van der Waals surface area contributed by atoms with E-state index in [1.807, 2.05) is 0 Å². The quantitative estimate of drug-likeness (QED) is 0.804. The zero-order chi connectivity index (χ0) is 15.2. The Labute approximate surface area is 126 Å². The van der Waals surface area contributed by atoms with Crippen molar-refractivity contribution in [2.45, 2.75) is 19.9 Å². The zero-order valence-corrected chi connectivity index (χ0v) is 12.8. The molecule has 0 spiro atoms. The highest BCUT2D eigenvalue weighted by Crippen LogP contribution is 2.13. The molecule has 1 aliphatic rings. The average molecular weight is 291 g/mol. The average Bonchev–Trinajstić information content (AvgIpc) is 2.48. The van der Waals surface area contributed by atoms with Crippen molar-refractivity contribution in [3.05, 3.63) is 29.8 Å². The molecule has 1 aliphatic heterocycles. The molecule has 0 saturated carbocycles. The number of anilines is 1. The minimum atomic E-state index is -0.0683. The lowest BCUT2D eigenvalue weighted by atomic mass is 10.0. The summed E-state index contributed by atoms with van der Waals surface area (Å²) >= 11 is 0. The van der Waals surface area contributed by atoms with Crippen molar-refractivity contribution >= 4 is 11.6 Å². The number of nitrogens with zero attached hydrogens (tertiary/aromatic N) is 1. The fourth-order valence-corrected chi connectivity index (χ4v) is 2.67. The zero-order valence-electron chi connectivity index (χ0n) is 12.8. The van der Waals surface area contributed by atoms with Crippen LogP contribution in [0.5, 0.6) is 0 Å². The molecule has 3 N–H and O–H groups in total. The Kier molecular flexibility index (Phi) is 5.59. The van der Waals surface area contributed by atoms with Gasteiger partial charge in [0.2, 0.25) is 0 Å². The molecule has 1 unspecified atom stereocenters. The molecule has 1 atom stereocenters. The number of ether oxygens (including phenoxy) is 1. The highest BCUT2D eigenvalue weighted by molar-refractivity contribution is 5.94. The van der Waals surface area contributed by atoms with E-state index in [1.54, 1.807) is 24.3 Å². The Balaban J connectivity index is 1.93. The van der Waals surface area contributed by atoms with Gasteiger partial charge in [0.25, 0.3) is 5.91 Å². The number of hydrogen-bond acceptors (Lipinski definition) is 4. The van der Waals surface area contributed by atoms with Gasteiger partial charge in [0.05, 0.1) is 13.2 Å². The third kappa shape index (κ3) is 4.44. The number of carbonyl (C=O) groups excluding carboxylic acids is 1. The third-order valence-corrected chi connectivity index (χ3v) is 3.90. The Morgan fingerprint density at radius 3 is 2.71 bits per heavy atom. The lowest BCUT2D eigenvalue weighted by Crippen LogP contribution is -2.51. The van der Waals surface area contributed by atoms with Crippen LogP contribution in [0.4, 0.5) is 5.69 Å². The van der Waals surface area contributed by atoms with Gasteiger partial charge in [0.15, 0.2) is 0 Å². The molecule has 5 nitrogen and oxygen atoms in total. The summed E-state index contributed by atoms with van der Waals surface area (Å²) in [5, 5.41) is 3.03. The highest BCUT2D eigenvalue weighted by atomic mass is 16.5. The fraction of sp³-hybridized carbons (Fsp3) is 0.562. The number of carbonyl (C=O) groups is 1. The largest absolute Gasteiger partial charge is 0.399 e. The van der Waals surface area contributed by atoms with Gasteiger partial charge in [0, 0.05) is 36.9 Å². The molecule has 0 bridgehead atoms. The molecule has 0 radical (unpaired) electrons. The van der Waals surface area contributed by atoms with Crippen LogP contribution < -0.4 is 11.1 Å². The van der Waals surface area contributed by atoms with Crippen molar-refractivity contribution in [1.29, 1.82) is 0 Å². The smallest absolute Gasteiger partial charge is 0.251 e. The summed E-state index contributed by atoms with van der Waals surface area (Å²) in [6.07, 6.45) is 0. The van der Waals surface area contributed by atoms with E-state index in [0.29, 0.717) is 29.8 Å². The van der Waals surface area contributed by atoms with E-state index in [9.17, 15) is 4.79 Å². The second kappa shape index (κ2) is 7.43. The standard InChI is InChI=1S/C16H25N3O2/c1-12(2)15(19-6-8-21-9-7-19)11-18-16(20)13-4-3-5-14(17)10-13/h3-5,10,12,15H,6-9,11,17H2,1-2H3,(H,18,20). The van der Waals surface area contributed by atoms with Crippen LogP contribution in [0.15, 0.2) is 24.3 Å². The van der Waals surface area contributed by atoms with Gasteiger partial charge in [-0.1, -0.05) is 19.9 Å². The lowest BCUT2D eigenvalue weighted by Gasteiger charge is -2.36. The van der Waals surface area contributed by atoms with Crippen molar-refractivity contribution in [3.8, 4) is 0 Å². The van der Waals surface area contributed by atoms with Crippen molar-refractivity contribution in [2.75, 3.05) is 38.6 Å². The second-order valence-electron chi connectivity index (χ2n) is 5.80. The molecule has 2 rings (SSSR count). The summed E-state index contributed by atoms with van der Waals surface area (Å²) in [5.74, 6) is 0.408. The van der Waals surface area contributed by atoms with Gasteiger partial charge in [0.1, 0.15) is 0 Å². The van der Waals surface area contributed by atoms with Crippen molar-refractivity contribution in [1.82, 2.24) is 10.2 Å². The first-order chi connectivity index (χ1) is 10.1. The molecule has 1 heterocycles. The number of hydrogen-bond donors (Lipinski definition) is 2. The van der Waals surface area contributed by atoms with Crippen LogP contribution in [0.3, 0.4) is 0 Å². The van der Waals surface area contributed by atoms with E-state index in [1.165, 1.54) is 0 Å². The molecule has 5 heteroatoms. The number of morpholine rings is 1. The molecule has 0 aliphatic carbocycles. The minimum Gasteiger partial charge on any atom is -0.399 e. The van der Waals surface area contributed by atoms with Gasteiger partial charge < -0.3 is 15.8 Å². The van der Waals surface area contributed by atoms with E-state index >= 15 is 0 Å². The topological polar surface area (TPSA) is 67.6 Å². The number of nitrogens with one attached hydrogen (secondary N) is 1. The van der Waals surface area contributed by atoms with Crippen molar-refractivity contribution in [2.24, 2.45) is 5.92 Å². The van der Waals surface area contributed by atoms with Gasteiger partial charge in [-0.05, 0) is 24.1 Å². The van der Waals surface area contributed by atoms with Gasteiger partial charge in [-0.3, -0.25) is 9.69 Å². The summed E-state index contributed by atoms with van der Waals surface area (Å²) in [5.41, 5.74) is 6.93. The highest BCUT2D eigenvalue weighted by Gasteiger charge is 2.24. The maximum absolute atomic E-state index is 12.2. The molecule has 0 aromatic heterocycles. The lowest BCUT2D eigenvalue weighted by molar-refractivity contribution is 0.00673.